The first-order valence-electron chi connectivity index (χ1n) is 5.86. The van der Waals surface area contributed by atoms with E-state index in [0.717, 1.165) is 18.4 Å². The lowest BCUT2D eigenvalue weighted by molar-refractivity contribution is -0.117. The summed E-state index contributed by atoms with van der Waals surface area (Å²) < 4.78 is 0. The van der Waals surface area contributed by atoms with Crippen LogP contribution < -0.4 is 5.32 Å². The Morgan fingerprint density at radius 2 is 2.06 bits per heavy atom. The van der Waals surface area contributed by atoms with E-state index >= 15 is 0 Å². The maximum atomic E-state index is 11.5. The van der Waals surface area contributed by atoms with E-state index < -0.39 is 0 Å². The van der Waals surface area contributed by atoms with E-state index in [-0.39, 0.29) is 11.9 Å². The van der Waals surface area contributed by atoms with Gasteiger partial charge in [-0.2, -0.15) is 0 Å². The van der Waals surface area contributed by atoms with Crippen LogP contribution in [0, 0.1) is 0 Å². The molecular formula is C14H18ClNO. The molecule has 1 atom stereocenters. The molecule has 0 spiro atoms. The Kier molecular flexibility index (Phi) is 5.78. The normalized spacial score (nSPS) is 12.6. The molecule has 0 radical (unpaired) electrons. The predicted octanol–water partition coefficient (Wildman–Crippen LogP) is 3.66. The lowest BCUT2D eigenvalue weighted by Crippen LogP contribution is -2.30. The molecule has 1 aromatic carbocycles. The summed E-state index contributed by atoms with van der Waals surface area (Å²) in [5.74, 6) is -0.0547. The number of benzene rings is 1. The van der Waals surface area contributed by atoms with Crippen LogP contribution in [0.2, 0.25) is 5.02 Å². The Bertz CT molecular complexity index is 384. The molecule has 0 aliphatic heterocycles. The highest BCUT2D eigenvalue weighted by Crippen LogP contribution is 2.10. The van der Waals surface area contributed by atoms with Crippen LogP contribution in [0.15, 0.2) is 30.3 Å². The van der Waals surface area contributed by atoms with Gasteiger partial charge in [0.2, 0.25) is 5.91 Å². The molecule has 1 unspecified atom stereocenters. The van der Waals surface area contributed by atoms with Crippen LogP contribution in [-0.2, 0) is 4.79 Å². The Labute approximate surface area is 108 Å². The molecule has 0 aliphatic carbocycles. The zero-order valence-corrected chi connectivity index (χ0v) is 11.0. The van der Waals surface area contributed by atoms with Crippen molar-refractivity contribution in [1.29, 1.82) is 0 Å². The maximum absolute atomic E-state index is 11.5. The van der Waals surface area contributed by atoms with E-state index in [9.17, 15) is 4.79 Å². The third kappa shape index (κ3) is 5.55. The zero-order valence-electron chi connectivity index (χ0n) is 10.2. The third-order valence-corrected chi connectivity index (χ3v) is 2.66. The van der Waals surface area contributed by atoms with Gasteiger partial charge in [-0.15, -0.1) is 0 Å². The summed E-state index contributed by atoms with van der Waals surface area (Å²) in [6.07, 6.45) is 5.41. The Balaban J connectivity index is 2.47. The molecule has 3 heteroatoms. The van der Waals surface area contributed by atoms with Crippen LogP contribution in [0.3, 0.4) is 0 Å². The summed E-state index contributed by atoms with van der Waals surface area (Å²) in [4.78, 5) is 11.5. The van der Waals surface area contributed by atoms with Crippen LogP contribution in [0.25, 0.3) is 6.08 Å². The molecule has 2 nitrogen and oxygen atoms in total. The number of hydrogen-bond acceptors (Lipinski definition) is 1. The average molecular weight is 252 g/mol. The molecule has 0 aliphatic rings. The maximum Gasteiger partial charge on any atom is 0.244 e. The van der Waals surface area contributed by atoms with Gasteiger partial charge in [0.25, 0.3) is 0 Å². The number of carbonyl (C=O) groups excluding carboxylic acids is 1. The molecule has 0 heterocycles. The highest BCUT2D eigenvalue weighted by molar-refractivity contribution is 6.30. The lowest BCUT2D eigenvalue weighted by atomic mass is 10.2. The van der Waals surface area contributed by atoms with Crippen molar-refractivity contribution in [2.45, 2.75) is 32.7 Å². The smallest absolute Gasteiger partial charge is 0.244 e. The van der Waals surface area contributed by atoms with Crippen molar-refractivity contribution >= 4 is 23.6 Å². The summed E-state index contributed by atoms with van der Waals surface area (Å²) in [5.41, 5.74) is 0.965. The fourth-order valence-electron chi connectivity index (χ4n) is 1.54. The second-order valence-corrected chi connectivity index (χ2v) is 4.52. The first-order valence-corrected chi connectivity index (χ1v) is 6.23. The minimum atomic E-state index is -0.0547. The van der Waals surface area contributed by atoms with E-state index in [1.165, 1.54) is 0 Å². The van der Waals surface area contributed by atoms with Gasteiger partial charge in [-0.05, 0) is 37.1 Å². The molecule has 0 aromatic heterocycles. The monoisotopic (exact) mass is 251 g/mol. The average Bonchev–Trinajstić information content (AvgIpc) is 2.28. The fourth-order valence-corrected chi connectivity index (χ4v) is 1.67. The van der Waals surface area contributed by atoms with Crippen LogP contribution in [-0.4, -0.2) is 11.9 Å². The molecule has 92 valence electrons. The minimum absolute atomic E-state index is 0.0547. The van der Waals surface area contributed by atoms with Crippen molar-refractivity contribution in [3.63, 3.8) is 0 Å². The van der Waals surface area contributed by atoms with Gasteiger partial charge >= 0.3 is 0 Å². The highest BCUT2D eigenvalue weighted by Gasteiger charge is 2.02. The van der Waals surface area contributed by atoms with Gasteiger partial charge in [-0.3, -0.25) is 4.79 Å². The van der Waals surface area contributed by atoms with Crippen LogP contribution in [0.1, 0.15) is 32.3 Å². The molecule has 1 aromatic rings. The van der Waals surface area contributed by atoms with Crippen LogP contribution in [0.4, 0.5) is 0 Å². The fraction of sp³-hybridized carbons (Fsp3) is 0.357. The Morgan fingerprint density at radius 1 is 1.41 bits per heavy atom. The van der Waals surface area contributed by atoms with Crippen molar-refractivity contribution in [3.05, 3.63) is 40.9 Å². The SMILES string of the molecule is CCCC(C)NC(=O)/C=C/c1ccc(Cl)cc1. The number of rotatable bonds is 5. The van der Waals surface area contributed by atoms with Crippen molar-refractivity contribution in [1.82, 2.24) is 5.32 Å². The Morgan fingerprint density at radius 3 is 2.65 bits per heavy atom. The molecule has 1 rings (SSSR count). The molecule has 0 fully saturated rings. The minimum Gasteiger partial charge on any atom is -0.350 e. The third-order valence-electron chi connectivity index (χ3n) is 2.41. The molecule has 0 saturated carbocycles. The first-order chi connectivity index (χ1) is 8.11. The van der Waals surface area contributed by atoms with Gasteiger partial charge in [0, 0.05) is 17.1 Å². The second-order valence-electron chi connectivity index (χ2n) is 4.08. The number of hydrogen-bond donors (Lipinski definition) is 1. The molecule has 17 heavy (non-hydrogen) atoms. The van der Waals surface area contributed by atoms with E-state index in [2.05, 4.69) is 12.2 Å². The largest absolute Gasteiger partial charge is 0.350 e. The van der Waals surface area contributed by atoms with Crippen LogP contribution in [0.5, 0.6) is 0 Å². The molecule has 0 bridgehead atoms. The standard InChI is InChI=1S/C14H18ClNO/c1-3-4-11(2)16-14(17)10-7-12-5-8-13(15)9-6-12/h5-11H,3-4H2,1-2H3,(H,16,17)/b10-7+. The van der Waals surface area contributed by atoms with Crippen LogP contribution >= 0.6 is 11.6 Å². The summed E-state index contributed by atoms with van der Waals surface area (Å²) in [6.45, 7) is 4.11. The van der Waals surface area contributed by atoms with Gasteiger partial charge in [0.1, 0.15) is 0 Å². The van der Waals surface area contributed by atoms with Crippen molar-refractivity contribution in [3.8, 4) is 0 Å². The summed E-state index contributed by atoms with van der Waals surface area (Å²) in [6, 6.07) is 7.59. The molecule has 1 amide bonds. The number of amides is 1. The van der Waals surface area contributed by atoms with Crippen molar-refractivity contribution < 1.29 is 4.79 Å². The second kappa shape index (κ2) is 7.13. The molecular weight excluding hydrogens is 234 g/mol. The van der Waals surface area contributed by atoms with E-state index in [1.807, 2.05) is 19.1 Å². The van der Waals surface area contributed by atoms with Gasteiger partial charge < -0.3 is 5.32 Å². The van der Waals surface area contributed by atoms with Crippen molar-refractivity contribution in [2.75, 3.05) is 0 Å². The predicted molar refractivity (Wildman–Crippen MR) is 73.0 cm³/mol. The van der Waals surface area contributed by atoms with E-state index in [1.54, 1.807) is 24.3 Å². The lowest BCUT2D eigenvalue weighted by Gasteiger charge is -2.10. The topological polar surface area (TPSA) is 29.1 Å². The molecule has 0 saturated heterocycles. The van der Waals surface area contributed by atoms with Gasteiger partial charge in [-0.1, -0.05) is 37.1 Å². The quantitative estimate of drug-likeness (QED) is 0.795. The number of carbonyl (C=O) groups is 1. The summed E-state index contributed by atoms with van der Waals surface area (Å²) >= 11 is 5.77. The highest BCUT2D eigenvalue weighted by atomic mass is 35.5. The summed E-state index contributed by atoms with van der Waals surface area (Å²) in [7, 11) is 0. The van der Waals surface area contributed by atoms with Gasteiger partial charge in [0.15, 0.2) is 0 Å². The number of nitrogens with one attached hydrogen (secondary N) is 1. The Hall–Kier alpha value is -1.28. The van der Waals surface area contributed by atoms with E-state index in [4.69, 9.17) is 11.6 Å². The van der Waals surface area contributed by atoms with Gasteiger partial charge in [-0.25, -0.2) is 0 Å². The van der Waals surface area contributed by atoms with E-state index in [0.29, 0.717) is 5.02 Å². The van der Waals surface area contributed by atoms with Crippen molar-refractivity contribution in [2.24, 2.45) is 0 Å². The zero-order chi connectivity index (χ0) is 12.7. The first kappa shape index (κ1) is 13.8. The molecule has 1 N–H and O–H groups in total. The summed E-state index contributed by atoms with van der Waals surface area (Å²) in [5, 5.41) is 3.61. The van der Waals surface area contributed by atoms with Gasteiger partial charge in [0.05, 0.1) is 0 Å². The number of halogens is 1.